The van der Waals surface area contributed by atoms with E-state index in [1.54, 1.807) is 6.07 Å². The van der Waals surface area contributed by atoms with Crippen molar-refractivity contribution in [2.24, 2.45) is 0 Å². The van der Waals surface area contributed by atoms with Crippen LogP contribution in [0.3, 0.4) is 0 Å². The van der Waals surface area contributed by atoms with Crippen LogP contribution in [0.2, 0.25) is 0 Å². The van der Waals surface area contributed by atoms with Gasteiger partial charge in [0.05, 0.1) is 12.5 Å². The second-order valence-corrected chi connectivity index (χ2v) is 5.28. The average Bonchev–Trinajstić information content (AvgIpc) is 2.60. The van der Waals surface area contributed by atoms with Crippen LogP contribution in [0.25, 0.3) is 22.2 Å². The zero-order chi connectivity index (χ0) is 17.1. The maximum atomic E-state index is 11.5. The minimum absolute atomic E-state index is 0.0120. The first-order valence-electron chi connectivity index (χ1n) is 6.77. The van der Waals surface area contributed by atoms with Gasteiger partial charge in [-0.15, -0.1) is 9.06 Å². The van der Waals surface area contributed by atoms with Crippen LogP contribution >= 0.6 is 12.2 Å². The summed E-state index contributed by atoms with van der Waals surface area (Å²) < 4.78 is 8.01. The van der Waals surface area contributed by atoms with Gasteiger partial charge in [-0.05, 0) is 23.8 Å². The van der Waals surface area contributed by atoms with Crippen molar-refractivity contribution in [2.75, 3.05) is 11.8 Å². The van der Waals surface area contributed by atoms with E-state index in [9.17, 15) is 15.1 Å². The van der Waals surface area contributed by atoms with Crippen molar-refractivity contribution >= 4 is 28.9 Å². The van der Waals surface area contributed by atoms with Gasteiger partial charge in [-0.2, -0.15) is 0 Å². The van der Waals surface area contributed by atoms with Crippen molar-refractivity contribution in [3.63, 3.8) is 0 Å². The van der Waals surface area contributed by atoms with Crippen LogP contribution < -0.4 is 10.3 Å². The van der Waals surface area contributed by atoms with E-state index < -0.39 is 5.56 Å². The van der Waals surface area contributed by atoms with Gasteiger partial charge in [0.2, 0.25) is 0 Å². The fraction of sp³-hybridized carbons (Fsp3) is 0.0667. The SMILES string of the molecule is COOSNc1cccc(-c2cnc3c(c2)c(O)cc(=O)n3O)c1. The third kappa shape index (κ3) is 3.13. The van der Waals surface area contributed by atoms with Crippen LogP contribution in [-0.4, -0.2) is 27.1 Å². The van der Waals surface area contributed by atoms with Crippen molar-refractivity contribution < 1.29 is 19.5 Å². The summed E-state index contributed by atoms with van der Waals surface area (Å²) in [5, 5.41) is 19.9. The van der Waals surface area contributed by atoms with Gasteiger partial charge in [-0.25, -0.2) is 9.87 Å². The molecular formula is C15H13N3O5S. The van der Waals surface area contributed by atoms with Crippen molar-refractivity contribution in [3.05, 3.63) is 52.9 Å². The smallest absolute Gasteiger partial charge is 0.288 e. The largest absolute Gasteiger partial charge is 0.507 e. The van der Waals surface area contributed by atoms with E-state index in [0.29, 0.717) is 10.3 Å². The van der Waals surface area contributed by atoms with Crippen molar-refractivity contribution in [1.82, 2.24) is 9.71 Å². The van der Waals surface area contributed by atoms with Crippen LogP contribution in [0.4, 0.5) is 5.69 Å². The number of hydrogen-bond acceptors (Lipinski definition) is 8. The van der Waals surface area contributed by atoms with Crippen LogP contribution in [0.1, 0.15) is 0 Å². The lowest BCUT2D eigenvalue weighted by molar-refractivity contribution is -0.159. The first-order chi connectivity index (χ1) is 11.6. The summed E-state index contributed by atoms with van der Waals surface area (Å²) in [4.78, 5) is 20.0. The molecule has 0 saturated carbocycles. The molecule has 3 rings (SSSR count). The van der Waals surface area contributed by atoms with E-state index >= 15 is 0 Å². The normalized spacial score (nSPS) is 10.9. The fourth-order valence-electron chi connectivity index (χ4n) is 2.19. The molecule has 3 aromatic rings. The van der Waals surface area contributed by atoms with E-state index in [1.807, 2.05) is 24.3 Å². The molecule has 0 spiro atoms. The Hall–Kier alpha value is -2.75. The number of rotatable bonds is 5. The van der Waals surface area contributed by atoms with Gasteiger partial charge in [-0.1, -0.05) is 12.1 Å². The summed E-state index contributed by atoms with van der Waals surface area (Å²) in [6.45, 7) is 0. The molecule has 0 amide bonds. The average molecular weight is 347 g/mol. The summed E-state index contributed by atoms with van der Waals surface area (Å²) in [5.41, 5.74) is 1.54. The summed E-state index contributed by atoms with van der Waals surface area (Å²) in [6.07, 6.45) is 1.51. The number of aromatic hydroxyl groups is 1. The van der Waals surface area contributed by atoms with Gasteiger partial charge in [0, 0.05) is 23.5 Å². The molecule has 0 bridgehead atoms. The fourth-order valence-corrected chi connectivity index (χ4v) is 2.52. The third-order valence-electron chi connectivity index (χ3n) is 3.27. The number of fused-ring (bicyclic) bond motifs is 1. The number of nitrogens with zero attached hydrogens (tertiary/aromatic N) is 2. The number of benzene rings is 1. The Bertz CT molecular complexity index is 944. The predicted octanol–water partition coefficient (Wildman–Crippen LogP) is 2.56. The molecule has 0 fully saturated rings. The molecule has 9 heteroatoms. The highest BCUT2D eigenvalue weighted by molar-refractivity contribution is 7.95. The van der Waals surface area contributed by atoms with Crippen LogP contribution in [-0.2, 0) is 9.22 Å². The Balaban J connectivity index is 2.01. The van der Waals surface area contributed by atoms with E-state index in [4.69, 9.17) is 0 Å². The second-order valence-electron chi connectivity index (χ2n) is 4.78. The van der Waals surface area contributed by atoms with Crippen LogP contribution in [0, 0.1) is 0 Å². The zero-order valence-electron chi connectivity index (χ0n) is 12.5. The standard InChI is InChI=1S/C15H13N3O5S/c1-22-23-24-17-11-4-2-3-9(5-11)10-6-12-13(19)7-14(20)18(21)15(12)16-8-10/h2-8,17,19,21H,1H3. The number of pyridine rings is 2. The zero-order valence-corrected chi connectivity index (χ0v) is 13.3. The van der Waals surface area contributed by atoms with Gasteiger partial charge in [0.25, 0.3) is 5.56 Å². The number of nitrogens with one attached hydrogen (secondary N) is 1. The Morgan fingerprint density at radius 2 is 2.08 bits per heavy atom. The molecule has 8 nitrogen and oxygen atoms in total. The molecule has 0 saturated heterocycles. The Kier molecular flexibility index (Phi) is 4.56. The summed E-state index contributed by atoms with van der Waals surface area (Å²) >= 11 is 0.920. The highest BCUT2D eigenvalue weighted by atomic mass is 32.2. The molecule has 0 aliphatic heterocycles. The quantitative estimate of drug-likeness (QED) is 0.161. The summed E-state index contributed by atoms with van der Waals surface area (Å²) in [6, 6.07) is 9.96. The van der Waals surface area contributed by atoms with E-state index in [2.05, 4.69) is 18.9 Å². The molecule has 1 aromatic carbocycles. The maximum Gasteiger partial charge on any atom is 0.288 e. The van der Waals surface area contributed by atoms with Crippen molar-refractivity contribution in [1.29, 1.82) is 0 Å². The highest BCUT2D eigenvalue weighted by Gasteiger charge is 2.10. The number of hydrogen-bond donors (Lipinski definition) is 3. The molecule has 3 N–H and O–H groups in total. The summed E-state index contributed by atoms with van der Waals surface area (Å²) in [7, 11) is 1.40. The van der Waals surface area contributed by atoms with Crippen LogP contribution in [0.5, 0.6) is 5.75 Å². The lowest BCUT2D eigenvalue weighted by Gasteiger charge is -2.09. The predicted molar refractivity (Wildman–Crippen MR) is 89.6 cm³/mol. The van der Waals surface area contributed by atoms with E-state index in [1.165, 1.54) is 13.3 Å². The summed E-state index contributed by atoms with van der Waals surface area (Å²) in [5.74, 6) is -0.243. The molecular weight excluding hydrogens is 334 g/mol. The molecule has 124 valence electrons. The monoisotopic (exact) mass is 347 g/mol. The first kappa shape index (κ1) is 16.1. The molecule has 0 unspecified atom stereocenters. The molecule has 0 aliphatic rings. The minimum Gasteiger partial charge on any atom is -0.507 e. The lowest BCUT2D eigenvalue weighted by Crippen LogP contribution is -2.17. The van der Waals surface area contributed by atoms with Gasteiger partial charge in [0.1, 0.15) is 18.0 Å². The van der Waals surface area contributed by atoms with E-state index in [0.717, 1.165) is 29.5 Å². The number of anilines is 1. The molecule has 0 atom stereocenters. The van der Waals surface area contributed by atoms with Crippen molar-refractivity contribution in [2.45, 2.75) is 0 Å². The molecule has 24 heavy (non-hydrogen) atoms. The van der Waals surface area contributed by atoms with Gasteiger partial charge in [0.15, 0.2) is 5.65 Å². The van der Waals surface area contributed by atoms with Gasteiger partial charge < -0.3 is 15.0 Å². The molecule has 2 heterocycles. The Morgan fingerprint density at radius 3 is 2.88 bits per heavy atom. The minimum atomic E-state index is -0.749. The number of aromatic nitrogens is 2. The second kappa shape index (κ2) is 6.79. The highest BCUT2D eigenvalue weighted by Crippen LogP contribution is 2.28. The Morgan fingerprint density at radius 1 is 1.25 bits per heavy atom. The Labute approximate surface area is 140 Å². The third-order valence-corrected chi connectivity index (χ3v) is 3.79. The maximum absolute atomic E-state index is 11.5. The topological polar surface area (TPSA) is 106 Å². The van der Waals surface area contributed by atoms with E-state index in [-0.39, 0.29) is 16.8 Å². The van der Waals surface area contributed by atoms with Crippen LogP contribution in [0.15, 0.2) is 47.4 Å². The molecule has 0 radical (unpaired) electrons. The molecule has 0 aliphatic carbocycles. The lowest BCUT2D eigenvalue weighted by atomic mass is 10.1. The van der Waals surface area contributed by atoms with Gasteiger partial charge >= 0.3 is 0 Å². The first-order valence-corrected chi connectivity index (χ1v) is 7.51. The van der Waals surface area contributed by atoms with Crippen molar-refractivity contribution in [3.8, 4) is 16.9 Å². The molecule has 2 aromatic heterocycles. The van der Waals surface area contributed by atoms with Gasteiger partial charge in [-0.3, -0.25) is 4.79 Å².